The molecule has 0 bridgehead atoms. The Morgan fingerprint density at radius 1 is 1.57 bits per heavy atom. The molecular formula is C10H17NO2S. The van der Waals surface area contributed by atoms with Crippen LogP contribution < -0.4 is 5.32 Å². The van der Waals surface area contributed by atoms with Gasteiger partial charge in [-0.3, -0.25) is 0 Å². The quantitative estimate of drug-likeness (QED) is 0.730. The summed E-state index contributed by atoms with van der Waals surface area (Å²) in [5.41, 5.74) is -0.419. The van der Waals surface area contributed by atoms with E-state index in [1.807, 2.05) is 32.3 Å². The van der Waals surface area contributed by atoms with Gasteiger partial charge in [-0.15, -0.1) is 11.8 Å². The highest BCUT2D eigenvalue weighted by atomic mass is 32.2. The Morgan fingerprint density at radius 2 is 2.29 bits per heavy atom. The van der Waals surface area contributed by atoms with E-state index in [-0.39, 0.29) is 12.1 Å². The zero-order valence-corrected chi connectivity index (χ0v) is 9.69. The molecule has 1 atom stereocenters. The zero-order valence-electron chi connectivity index (χ0n) is 8.87. The van der Waals surface area contributed by atoms with Crippen molar-refractivity contribution in [2.45, 2.75) is 38.8 Å². The maximum Gasteiger partial charge on any atom is 0.408 e. The monoisotopic (exact) mass is 215 g/mol. The molecule has 80 valence electrons. The lowest BCUT2D eigenvalue weighted by molar-refractivity contribution is 0.0513. The van der Waals surface area contributed by atoms with Crippen LogP contribution in [0.2, 0.25) is 0 Å². The molecule has 1 amide bonds. The number of alkyl carbamates (subject to hydrolysis) is 1. The van der Waals surface area contributed by atoms with Gasteiger partial charge in [-0.25, -0.2) is 4.79 Å². The van der Waals surface area contributed by atoms with Crippen LogP contribution in [-0.2, 0) is 4.74 Å². The Morgan fingerprint density at radius 3 is 2.79 bits per heavy atom. The van der Waals surface area contributed by atoms with E-state index >= 15 is 0 Å². The van der Waals surface area contributed by atoms with Gasteiger partial charge < -0.3 is 10.1 Å². The highest BCUT2D eigenvalue weighted by Gasteiger charge is 2.18. The third-order valence-corrected chi connectivity index (χ3v) is 2.48. The van der Waals surface area contributed by atoms with Crippen molar-refractivity contribution < 1.29 is 9.53 Å². The Kier molecular flexibility index (Phi) is 3.86. The second-order valence-corrected chi connectivity index (χ2v) is 5.25. The van der Waals surface area contributed by atoms with Gasteiger partial charge in [0, 0.05) is 0 Å². The van der Waals surface area contributed by atoms with Crippen LogP contribution in [0.25, 0.3) is 0 Å². The zero-order chi connectivity index (χ0) is 10.6. The van der Waals surface area contributed by atoms with E-state index in [1.54, 1.807) is 11.8 Å². The van der Waals surface area contributed by atoms with Gasteiger partial charge in [0.25, 0.3) is 0 Å². The van der Waals surface area contributed by atoms with Gasteiger partial charge in [-0.1, -0.05) is 6.08 Å². The molecule has 1 heterocycles. The number of carbonyl (C=O) groups is 1. The van der Waals surface area contributed by atoms with Gasteiger partial charge in [0.2, 0.25) is 0 Å². The molecule has 4 heteroatoms. The van der Waals surface area contributed by atoms with E-state index in [0.29, 0.717) is 0 Å². The summed E-state index contributed by atoms with van der Waals surface area (Å²) in [7, 11) is 0. The standard InChI is InChI=1S/C10H17NO2S/c1-10(2,3)13-9(12)11-8-4-6-14-7-5-8/h4,6,8H,5,7H2,1-3H3,(H,11,12). The van der Waals surface area contributed by atoms with Crippen LogP contribution in [0, 0.1) is 0 Å². The lowest BCUT2D eigenvalue weighted by atomic mass is 10.2. The Labute approximate surface area is 89.3 Å². The number of ether oxygens (including phenoxy) is 1. The van der Waals surface area contributed by atoms with Crippen LogP contribution in [-0.4, -0.2) is 23.5 Å². The smallest absolute Gasteiger partial charge is 0.408 e. The van der Waals surface area contributed by atoms with Gasteiger partial charge in [0.1, 0.15) is 5.60 Å². The lowest BCUT2D eigenvalue weighted by Crippen LogP contribution is -2.38. The van der Waals surface area contributed by atoms with Crippen molar-refractivity contribution in [2.75, 3.05) is 5.75 Å². The Hall–Kier alpha value is -0.640. The second-order valence-electron chi connectivity index (χ2n) is 4.24. The van der Waals surface area contributed by atoms with Gasteiger partial charge in [-0.2, -0.15) is 0 Å². The van der Waals surface area contributed by atoms with Crippen LogP contribution >= 0.6 is 11.8 Å². The number of carbonyl (C=O) groups excluding carboxylic acids is 1. The molecular weight excluding hydrogens is 198 g/mol. The number of amides is 1. The molecule has 1 rings (SSSR count). The third-order valence-electron chi connectivity index (χ3n) is 1.66. The Balaban J connectivity index is 2.33. The van der Waals surface area contributed by atoms with E-state index in [1.165, 1.54) is 0 Å². The minimum Gasteiger partial charge on any atom is -0.444 e. The first-order valence-electron chi connectivity index (χ1n) is 4.75. The molecule has 1 unspecified atom stereocenters. The molecule has 1 aliphatic rings. The summed E-state index contributed by atoms with van der Waals surface area (Å²) in [4.78, 5) is 11.4. The van der Waals surface area contributed by atoms with E-state index in [0.717, 1.165) is 12.2 Å². The second kappa shape index (κ2) is 4.73. The number of rotatable bonds is 1. The van der Waals surface area contributed by atoms with Crippen LogP contribution in [0.4, 0.5) is 4.79 Å². The molecule has 1 aliphatic heterocycles. The number of nitrogens with one attached hydrogen (secondary N) is 1. The minimum atomic E-state index is -0.419. The molecule has 0 saturated carbocycles. The minimum absolute atomic E-state index is 0.131. The summed E-state index contributed by atoms with van der Waals surface area (Å²) < 4.78 is 5.15. The van der Waals surface area contributed by atoms with Crippen LogP contribution in [0.5, 0.6) is 0 Å². The molecule has 0 spiro atoms. The molecule has 3 nitrogen and oxygen atoms in total. The summed E-state index contributed by atoms with van der Waals surface area (Å²) in [5, 5.41) is 4.83. The summed E-state index contributed by atoms with van der Waals surface area (Å²) in [5.74, 6) is 1.05. The van der Waals surface area contributed by atoms with Gasteiger partial charge in [-0.05, 0) is 38.4 Å². The van der Waals surface area contributed by atoms with E-state index < -0.39 is 5.60 Å². The third kappa shape index (κ3) is 4.56. The van der Waals surface area contributed by atoms with Crippen molar-refractivity contribution in [2.24, 2.45) is 0 Å². The predicted molar refractivity (Wildman–Crippen MR) is 59.4 cm³/mol. The van der Waals surface area contributed by atoms with Crippen LogP contribution in [0.1, 0.15) is 27.2 Å². The van der Waals surface area contributed by atoms with Crippen molar-refractivity contribution in [3.8, 4) is 0 Å². The normalized spacial score (nSPS) is 21.8. The SMILES string of the molecule is CC(C)(C)OC(=O)NC1C=CSCC1. The maximum atomic E-state index is 11.4. The van der Waals surface area contributed by atoms with Crippen molar-refractivity contribution >= 4 is 17.9 Å². The highest BCUT2D eigenvalue weighted by molar-refractivity contribution is 8.02. The first-order valence-corrected chi connectivity index (χ1v) is 5.80. The molecule has 0 aromatic heterocycles. The fraction of sp³-hybridized carbons (Fsp3) is 0.700. The number of hydrogen-bond acceptors (Lipinski definition) is 3. The summed E-state index contributed by atoms with van der Waals surface area (Å²) in [6, 6.07) is 0.131. The fourth-order valence-electron chi connectivity index (χ4n) is 1.09. The van der Waals surface area contributed by atoms with Crippen molar-refractivity contribution in [1.82, 2.24) is 5.32 Å². The average molecular weight is 215 g/mol. The fourth-order valence-corrected chi connectivity index (χ4v) is 1.92. The van der Waals surface area contributed by atoms with Gasteiger partial charge in [0.05, 0.1) is 6.04 Å². The van der Waals surface area contributed by atoms with E-state index in [2.05, 4.69) is 5.32 Å². The van der Waals surface area contributed by atoms with Crippen LogP contribution in [0.3, 0.4) is 0 Å². The predicted octanol–water partition coefficient (Wildman–Crippen LogP) is 2.53. The van der Waals surface area contributed by atoms with Crippen LogP contribution in [0.15, 0.2) is 11.5 Å². The summed E-state index contributed by atoms with van der Waals surface area (Å²) >= 11 is 1.77. The average Bonchev–Trinajstić information content (AvgIpc) is 2.02. The molecule has 1 N–H and O–H groups in total. The molecule has 0 radical (unpaired) electrons. The van der Waals surface area contributed by atoms with Gasteiger partial charge >= 0.3 is 6.09 Å². The topological polar surface area (TPSA) is 38.3 Å². The molecule has 14 heavy (non-hydrogen) atoms. The molecule has 0 aromatic rings. The van der Waals surface area contributed by atoms with Crippen molar-refractivity contribution in [3.05, 3.63) is 11.5 Å². The number of thioether (sulfide) groups is 1. The summed E-state index contributed by atoms with van der Waals surface area (Å²) in [6.07, 6.45) is 2.64. The van der Waals surface area contributed by atoms with E-state index in [9.17, 15) is 4.79 Å². The molecule has 0 aromatic carbocycles. The van der Waals surface area contributed by atoms with Crippen molar-refractivity contribution in [1.29, 1.82) is 0 Å². The molecule has 0 fully saturated rings. The first kappa shape index (κ1) is 11.4. The lowest BCUT2D eigenvalue weighted by Gasteiger charge is -2.23. The Bertz CT molecular complexity index is 233. The van der Waals surface area contributed by atoms with E-state index in [4.69, 9.17) is 4.74 Å². The molecule has 0 saturated heterocycles. The van der Waals surface area contributed by atoms with Crippen molar-refractivity contribution in [3.63, 3.8) is 0 Å². The summed E-state index contributed by atoms with van der Waals surface area (Å²) in [6.45, 7) is 5.58. The largest absolute Gasteiger partial charge is 0.444 e. The number of hydrogen-bond donors (Lipinski definition) is 1. The molecule has 0 aliphatic carbocycles. The first-order chi connectivity index (χ1) is 6.47. The van der Waals surface area contributed by atoms with Gasteiger partial charge in [0.15, 0.2) is 0 Å². The highest BCUT2D eigenvalue weighted by Crippen LogP contribution is 2.15. The maximum absolute atomic E-state index is 11.4.